The lowest BCUT2D eigenvalue weighted by molar-refractivity contribution is -0.140. The van der Waals surface area contributed by atoms with Crippen LogP contribution in [0, 0.1) is 0 Å². The minimum Gasteiger partial charge on any atom is -0.496 e. The summed E-state index contributed by atoms with van der Waals surface area (Å²) < 4.78 is 29.7. The van der Waals surface area contributed by atoms with Crippen LogP contribution in [-0.2, 0) is 32.7 Å². The molecule has 2 amide bonds. The fourth-order valence-electron chi connectivity index (χ4n) is 2.94. The van der Waals surface area contributed by atoms with E-state index in [2.05, 4.69) is 5.32 Å². The molecule has 1 unspecified atom stereocenters. The van der Waals surface area contributed by atoms with Gasteiger partial charge >= 0.3 is 0 Å². The van der Waals surface area contributed by atoms with Gasteiger partial charge in [-0.1, -0.05) is 48.5 Å². The van der Waals surface area contributed by atoms with Crippen molar-refractivity contribution in [3.05, 3.63) is 65.7 Å². The van der Waals surface area contributed by atoms with E-state index in [0.717, 1.165) is 21.7 Å². The Balaban J connectivity index is 2.16. The van der Waals surface area contributed by atoms with Crippen molar-refractivity contribution in [1.29, 1.82) is 0 Å². The van der Waals surface area contributed by atoms with E-state index in [-0.39, 0.29) is 25.5 Å². The fraction of sp³-hybridized carbons (Fsp3) is 0.364. The van der Waals surface area contributed by atoms with Gasteiger partial charge in [-0.25, -0.2) is 8.42 Å². The Morgan fingerprint density at radius 1 is 1.06 bits per heavy atom. The zero-order valence-electron chi connectivity index (χ0n) is 18.2. The Hall–Kier alpha value is -2.91. The molecule has 2 rings (SSSR count). The minimum atomic E-state index is -3.53. The van der Waals surface area contributed by atoms with Gasteiger partial charge < -0.3 is 15.0 Å². The molecule has 31 heavy (non-hydrogen) atoms. The molecule has 0 aliphatic rings. The molecule has 0 radical (unpaired) electrons. The predicted octanol–water partition coefficient (Wildman–Crippen LogP) is 1.62. The molecule has 0 aromatic heterocycles. The highest BCUT2D eigenvalue weighted by molar-refractivity contribution is 7.88. The molecular formula is C22H29N3O5S. The van der Waals surface area contributed by atoms with Gasteiger partial charge in [0, 0.05) is 25.7 Å². The molecule has 0 aliphatic heterocycles. The summed E-state index contributed by atoms with van der Waals surface area (Å²) in [6.07, 6.45) is 1.03. The molecule has 0 heterocycles. The van der Waals surface area contributed by atoms with Gasteiger partial charge in [0.2, 0.25) is 21.8 Å². The smallest absolute Gasteiger partial charge is 0.242 e. The molecule has 0 spiro atoms. The van der Waals surface area contributed by atoms with E-state index >= 15 is 0 Å². The lowest BCUT2D eigenvalue weighted by Crippen LogP contribution is -2.50. The van der Waals surface area contributed by atoms with Crippen LogP contribution in [0.4, 0.5) is 0 Å². The minimum absolute atomic E-state index is 0.181. The largest absolute Gasteiger partial charge is 0.496 e. The number of likely N-dealkylation sites (N-methyl/N-ethyl adjacent to an activating group) is 1. The van der Waals surface area contributed by atoms with Gasteiger partial charge in [-0.15, -0.1) is 0 Å². The Labute approximate surface area is 183 Å². The second kappa shape index (κ2) is 10.9. The van der Waals surface area contributed by atoms with Crippen LogP contribution in [0.1, 0.15) is 18.1 Å². The Kier molecular flexibility index (Phi) is 8.58. The van der Waals surface area contributed by atoms with Crippen molar-refractivity contribution in [2.45, 2.75) is 26.1 Å². The number of methoxy groups -OCH3 is 1. The number of carbonyl (C=O) groups excluding carboxylic acids is 2. The number of sulfonamides is 1. The van der Waals surface area contributed by atoms with Crippen LogP contribution in [0.3, 0.4) is 0 Å². The number of carbonyl (C=O) groups is 2. The molecule has 8 nitrogen and oxygen atoms in total. The van der Waals surface area contributed by atoms with Gasteiger partial charge in [-0.2, -0.15) is 4.31 Å². The Morgan fingerprint density at radius 2 is 1.68 bits per heavy atom. The van der Waals surface area contributed by atoms with Crippen LogP contribution in [0.5, 0.6) is 5.75 Å². The number of nitrogens with one attached hydrogen (secondary N) is 1. The summed E-state index contributed by atoms with van der Waals surface area (Å²) in [5.74, 6) is -0.156. The van der Waals surface area contributed by atoms with Crippen molar-refractivity contribution in [3.63, 3.8) is 0 Å². The highest BCUT2D eigenvalue weighted by Crippen LogP contribution is 2.17. The zero-order chi connectivity index (χ0) is 23.0. The first-order valence-electron chi connectivity index (χ1n) is 9.77. The zero-order valence-corrected chi connectivity index (χ0v) is 19.1. The number of hydrogen-bond donors (Lipinski definition) is 1. The van der Waals surface area contributed by atoms with Crippen molar-refractivity contribution in [1.82, 2.24) is 14.5 Å². The summed E-state index contributed by atoms with van der Waals surface area (Å²) in [7, 11) is -0.642. The van der Waals surface area contributed by atoms with E-state index in [1.54, 1.807) is 20.1 Å². The molecule has 2 aromatic rings. The third-order valence-corrected chi connectivity index (χ3v) is 6.19. The molecule has 1 atom stereocenters. The van der Waals surface area contributed by atoms with E-state index in [1.807, 2.05) is 48.5 Å². The number of ether oxygens (including phenoxy) is 1. The maximum absolute atomic E-state index is 12.9. The third-order valence-electron chi connectivity index (χ3n) is 4.93. The normalized spacial score (nSPS) is 12.3. The number of rotatable bonds is 10. The topological polar surface area (TPSA) is 96.0 Å². The molecule has 0 bridgehead atoms. The van der Waals surface area contributed by atoms with Crippen molar-refractivity contribution in [2.24, 2.45) is 0 Å². The third kappa shape index (κ3) is 7.08. The van der Waals surface area contributed by atoms with Gasteiger partial charge in [-0.3, -0.25) is 9.59 Å². The second-order valence-electron chi connectivity index (χ2n) is 7.23. The average molecular weight is 448 g/mol. The van der Waals surface area contributed by atoms with E-state index in [9.17, 15) is 18.0 Å². The molecule has 0 saturated heterocycles. The van der Waals surface area contributed by atoms with E-state index < -0.39 is 22.0 Å². The van der Waals surface area contributed by atoms with Gasteiger partial charge in [0.05, 0.1) is 19.9 Å². The number of benzene rings is 2. The quantitative estimate of drug-likeness (QED) is 0.597. The van der Waals surface area contributed by atoms with E-state index in [4.69, 9.17) is 4.74 Å². The summed E-state index contributed by atoms with van der Waals surface area (Å²) in [4.78, 5) is 27.2. The number of para-hydroxylation sites is 1. The summed E-state index contributed by atoms with van der Waals surface area (Å²) in [6, 6.07) is 15.8. The Morgan fingerprint density at radius 3 is 2.29 bits per heavy atom. The summed E-state index contributed by atoms with van der Waals surface area (Å²) in [5.41, 5.74) is 1.64. The maximum atomic E-state index is 12.9. The summed E-state index contributed by atoms with van der Waals surface area (Å²) in [6.45, 7) is 1.69. The van der Waals surface area contributed by atoms with Crippen LogP contribution in [0.2, 0.25) is 0 Å². The molecule has 0 aliphatic carbocycles. The first-order chi connectivity index (χ1) is 14.6. The van der Waals surface area contributed by atoms with Gasteiger partial charge in [0.15, 0.2) is 0 Å². The number of hydrogen-bond acceptors (Lipinski definition) is 5. The van der Waals surface area contributed by atoms with E-state index in [0.29, 0.717) is 5.75 Å². The highest BCUT2D eigenvalue weighted by Gasteiger charge is 2.28. The highest BCUT2D eigenvalue weighted by atomic mass is 32.2. The Bertz CT molecular complexity index is 995. The van der Waals surface area contributed by atoms with Crippen LogP contribution in [-0.4, -0.2) is 62.4 Å². The number of amides is 2. The predicted molar refractivity (Wildman–Crippen MR) is 119 cm³/mol. The molecule has 1 N–H and O–H groups in total. The maximum Gasteiger partial charge on any atom is 0.242 e. The average Bonchev–Trinajstić information content (AvgIpc) is 2.75. The molecule has 0 saturated carbocycles. The van der Waals surface area contributed by atoms with E-state index in [1.165, 1.54) is 11.9 Å². The van der Waals surface area contributed by atoms with Crippen molar-refractivity contribution in [3.8, 4) is 5.75 Å². The van der Waals surface area contributed by atoms with Crippen LogP contribution < -0.4 is 10.1 Å². The van der Waals surface area contributed by atoms with Crippen molar-refractivity contribution in [2.75, 3.05) is 27.0 Å². The summed E-state index contributed by atoms with van der Waals surface area (Å²) in [5, 5.41) is 2.83. The van der Waals surface area contributed by atoms with Crippen molar-refractivity contribution < 1.29 is 22.7 Å². The molecule has 2 aromatic carbocycles. The van der Waals surface area contributed by atoms with Gasteiger partial charge in [0.25, 0.3) is 0 Å². The lowest BCUT2D eigenvalue weighted by Gasteiger charge is -2.30. The number of nitrogens with zero attached hydrogens (tertiary/aromatic N) is 2. The summed E-state index contributed by atoms with van der Waals surface area (Å²) >= 11 is 0. The first kappa shape index (κ1) is 24.4. The standard InChI is InChI=1S/C22H29N3O5S/c1-17(22(27)23-14-19-12-8-9-13-20(19)30-3)25(15-18-10-6-5-7-11-18)21(26)16-24(2)31(4,28)29/h5-13,17H,14-16H2,1-4H3,(H,23,27). The molecule has 9 heteroatoms. The first-order valence-corrected chi connectivity index (χ1v) is 11.6. The van der Waals surface area contributed by atoms with Crippen molar-refractivity contribution >= 4 is 21.8 Å². The molecule has 168 valence electrons. The van der Waals surface area contributed by atoms with Crippen LogP contribution in [0.25, 0.3) is 0 Å². The van der Waals surface area contributed by atoms with Crippen LogP contribution in [0.15, 0.2) is 54.6 Å². The second-order valence-corrected chi connectivity index (χ2v) is 9.32. The fourth-order valence-corrected chi connectivity index (χ4v) is 3.29. The monoisotopic (exact) mass is 447 g/mol. The van der Waals surface area contributed by atoms with Gasteiger partial charge in [0.1, 0.15) is 11.8 Å². The van der Waals surface area contributed by atoms with Gasteiger partial charge in [-0.05, 0) is 18.6 Å². The lowest BCUT2D eigenvalue weighted by atomic mass is 10.1. The molecular weight excluding hydrogens is 418 g/mol. The molecule has 0 fully saturated rings. The van der Waals surface area contributed by atoms with Crippen LogP contribution >= 0.6 is 0 Å². The SMILES string of the molecule is COc1ccccc1CNC(=O)C(C)N(Cc1ccccc1)C(=O)CN(C)S(C)(=O)=O.